The van der Waals surface area contributed by atoms with Crippen LogP contribution in [0.15, 0.2) is 70.0 Å². The summed E-state index contributed by atoms with van der Waals surface area (Å²) in [6, 6.07) is 17.1. The van der Waals surface area contributed by atoms with Crippen LogP contribution in [0.5, 0.6) is 0 Å². The molecule has 0 radical (unpaired) electrons. The van der Waals surface area contributed by atoms with Crippen molar-refractivity contribution >= 4 is 44.8 Å². The molecule has 1 saturated heterocycles. The molecule has 2 aromatic carbocycles. The van der Waals surface area contributed by atoms with Crippen molar-refractivity contribution < 1.29 is 4.42 Å². The van der Waals surface area contributed by atoms with Gasteiger partial charge in [-0.25, -0.2) is 9.78 Å². The standard InChI is InChI=1S/C25H25ClN4O2/c26-19-7-6-18-8-10-28-25(21(18)16-19)30-14-12-29(13-15-30)11-3-9-27-22-17-24(31)32-23-5-2-1-4-20(22)23/h1-2,4-8,10,16-17,27H,3,9,11-15H2. The Labute approximate surface area is 191 Å². The molecule has 0 bridgehead atoms. The summed E-state index contributed by atoms with van der Waals surface area (Å²) >= 11 is 6.23. The van der Waals surface area contributed by atoms with E-state index in [4.69, 9.17) is 16.0 Å². The molecule has 0 saturated carbocycles. The number of pyridine rings is 1. The molecule has 2 aromatic heterocycles. The summed E-state index contributed by atoms with van der Waals surface area (Å²) in [4.78, 5) is 21.3. The highest BCUT2D eigenvalue weighted by Crippen LogP contribution is 2.28. The van der Waals surface area contributed by atoms with Crippen molar-refractivity contribution in [1.29, 1.82) is 0 Å². The monoisotopic (exact) mass is 448 g/mol. The van der Waals surface area contributed by atoms with Crippen molar-refractivity contribution in [2.24, 2.45) is 0 Å². The number of anilines is 2. The second kappa shape index (κ2) is 9.18. The van der Waals surface area contributed by atoms with E-state index in [1.54, 1.807) is 0 Å². The van der Waals surface area contributed by atoms with Gasteiger partial charge in [0.15, 0.2) is 0 Å². The molecule has 3 heterocycles. The summed E-state index contributed by atoms with van der Waals surface area (Å²) < 4.78 is 5.26. The normalized spacial score (nSPS) is 14.8. The second-order valence-corrected chi connectivity index (χ2v) is 8.52. The Morgan fingerprint density at radius 1 is 1.00 bits per heavy atom. The molecular weight excluding hydrogens is 424 g/mol. The van der Waals surface area contributed by atoms with Gasteiger partial charge in [-0.3, -0.25) is 4.90 Å². The lowest BCUT2D eigenvalue weighted by Crippen LogP contribution is -2.47. The number of nitrogens with zero attached hydrogens (tertiary/aromatic N) is 3. The van der Waals surface area contributed by atoms with Gasteiger partial charge in [-0.1, -0.05) is 29.8 Å². The third-order valence-corrected chi connectivity index (χ3v) is 6.23. The van der Waals surface area contributed by atoms with Gasteiger partial charge in [-0.2, -0.15) is 0 Å². The van der Waals surface area contributed by atoms with Crippen LogP contribution < -0.4 is 15.8 Å². The Kier molecular flexibility index (Phi) is 5.97. The fourth-order valence-corrected chi connectivity index (χ4v) is 4.52. The van der Waals surface area contributed by atoms with Crippen molar-refractivity contribution in [2.75, 3.05) is 49.5 Å². The lowest BCUT2D eigenvalue weighted by atomic mass is 10.1. The molecule has 0 spiro atoms. The van der Waals surface area contributed by atoms with Gasteiger partial charge in [0.1, 0.15) is 11.4 Å². The van der Waals surface area contributed by atoms with Crippen LogP contribution in [-0.4, -0.2) is 49.2 Å². The van der Waals surface area contributed by atoms with Crippen LogP contribution in [0.25, 0.3) is 21.7 Å². The number of benzene rings is 2. The number of hydrogen-bond donors (Lipinski definition) is 1. The molecule has 1 aliphatic rings. The lowest BCUT2D eigenvalue weighted by molar-refractivity contribution is 0.257. The molecule has 1 aliphatic heterocycles. The number of rotatable bonds is 6. The van der Waals surface area contributed by atoms with Crippen LogP contribution in [-0.2, 0) is 0 Å². The minimum Gasteiger partial charge on any atom is -0.423 e. The van der Waals surface area contributed by atoms with E-state index < -0.39 is 0 Å². The van der Waals surface area contributed by atoms with Crippen LogP contribution in [0.2, 0.25) is 5.02 Å². The summed E-state index contributed by atoms with van der Waals surface area (Å²) in [6.07, 6.45) is 2.87. The van der Waals surface area contributed by atoms with Crippen LogP contribution in [0.3, 0.4) is 0 Å². The smallest absolute Gasteiger partial charge is 0.338 e. The number of nitrogens with one attached hydrogen (secondary N) is 1. The first kappa shape index (κ1) is 20.8. The molecule has 4 aromatic rings. The van der Waals surface area contributed by atoms with Crippen LogP contribution in [0.1, 0.15) is 6.42 Å². The average Bonchev–Trinajstić information content (AvgIpc) is 2.81. The molecule has 0 aliphatic carbocycles. The number of hydrogen-bond acceptors (Lipinski definition) is 6. The average molecular weight is 449 g/mol. The Bertz CT molecular complexity index is 1300. The molecule has 32 heavy (non-hydrogen) atoms. The fraction of sp³-hybridized carbons (Fsp3) is 0.280. The van der Waals surface area contributed by atoms with Gasteiger partial charge in [0.2, 0.25) is 0 Å². The van der Waals surface area contributed by atoms with Gasteiger partial charge in [0, 0.05) is 60.8 Å². The van der Waals surface area contributed by atoms with Crippen molar-refractivity contribution in [1.82, 2.24) is 9.88 Å². The maximum absolute atomic E-state index is 11.8. The van der Waals surface area contributed by atoms with E-state index in [2.05, 4.69) is 20.1 Å². The first-order chi connectivity index (χ1) is 15.7. The molecular formula is C25H25ClN4O2. The number of halogens is 1. The highest BCUT2D eigenvalue weighted by molar-refractivity contribution is 6.31. The van der Waals surface area contributed by atoms with E-state index in [0.29, 0.717) is 5.58 Å². The number of fused-ring (bicyclic) bond motifs is 2. The molecule has 1 N–H and O–H groups in total. The maximum atomic E-state index is 11.8. The molecule has 6 nitrogen and oxygen atoms in total. The van der Waals surface area contributed by atoms with Crippen molar-refractivity contribution in [2.45, 2.75) is 6.42 Å². The predicted molar refractivity (Wildman–Crippen MR) is 131 cm³/mol. The molecule has 0 unspecified atom stereocenters. The quantitative estimate of drug-likeness (QED) is 0.343. The highest BCUT2D eigenvalue weighted by atomic mass is 35.5. The van der Waals surface area contributed by atoms with Gasteiger partial charge in [0.25, 0.3) is 0 Å². The van der Waals surface area contributed by atoms with Gasteiger partial charge >= 0.3 is 5.63 Å². The minimum atomic E-state index is -0.328. The lowest BCUT2D eigenvalue weighted by Gasteiger charge is -2.36. The number of piperazine rings is 1. The predicted octanol–water partition coefficient (Wildman–Crippen LogP) is 4.62. The summed E-state index contributed by atoms with van der Waals surface area (Å²) in [7, 11) is 0. The van der Waals surface area contributed by atoms with Gasteiger partial charge in [-0.05, 0) is 48.7 Å². The Hall–Kier alpha value is -3.09. The third-order valence-electron chi connectivity index (χ3n) is 6.00. The molecule has 7 heteroatoms. The third kappa shape index (κ3) is 4.42. The van der Waals surface area contributed by atoms with Crippen molar-refractivity contribution in [3.05, 3.63) is 76.2 Å². The van der Waals surface area contributed by atoms with Crippen LogP contribution in [0.4, 0.5) is 11.5 Å². The molecule has 164 valence electrons. The summed E-state index contributed by atoms with van der Waals surface area (Å²) in [5.74, 6) is 1.01. The first-order valence-corrected chi connectivity index (χ1v) is 11.3. The Balaban J connectivity index is 1.15. The van der Waals surface area contributed by atoms with E-state index in [0.717, 1.165) is 78.4 Å². The van der Waals surface area contributed by atoms with E-state index in [9.17, 15) is 4.79 Å². The second-order valence-electron chi connectivity index (χ2n) is 8.08. The van der Waals surface area contributed by atoms with Crippen LogP contribution in [0, 0.1) is 0 Å². The number of aromatic nitrogens is 1. The largest absolute Gasteiger partial charge is 0.423 e. The Morgan fingerprint density at radius 3 is 2.72 bits per heavy atom. The number of para-hydroxylation sites is 1. The summed E-state index contributed by atoms with van der Waals surface area (Å²) in [6.45, 7) is 5.69. The SMILES string of the molecule is O=c1cc(NCCCN2CCN(c3nccc4ccc(Cl)cc34)CC2)c2ccccc2o1. The van der Waals surface area contributed by atoms with Gasteiger partial charge in [-0.15, -0.1) is 0 Å². The minimum absolute atomic E-state index is 0.328. The zero-order valence-electron chi connectivity index (χ0n) is 17.8. The fourth-order valence-electron chi connectivity index (χ4n) is 4.34. The zero-order valence-corrected chi connectivity index (χ0v) is 18.5. The Morgan fingerprint density at radius 2 is 1.84 bits per heavy atom. The van der Waals surface area contributed by atoms with Gasteiger partial charge < -0.3 is 14.6 Å². The van der Waals surface area contributed by atoms with E-state index in [-0.39, 0.29) is 5.63 Å². The molecule has 0 atom stereocenters. The zero-order chi connectivity index (χ0) is 21.9. The highest BCUT2D eigenvalue weighted by Gasteiger charge is 2.19. The van der Waals surface area contributed by atoms with Crippen molar-refractivity contribution in [3.63, 3.8) is 0 Å². The summed E-state index contributed by atoms with van der Waals surface area (Å²) in [5.41, 5.74) is 1.12. The van der Waals surface area contributed by atoms with Crippen molar-refractivity contribution in [3.8, 4) is 0 Å². The van der Waals surface area contributed by atoms with Crippen LogP contribution >= 0.6 is 11.6 Å². The van der Waals surface area contributed by atoms with E-state index >= 15 is 0 Å². The summed E-state index contributed by atoms with van der Waals surface area (Å²) in [5, 5.41) is 7.35. The molecule has 5 rings (SSSR count). The van der Waals surface area contributed by atoms with E-state index in [1.165, 1.54) is 6.07 Å². The van der Waals surface area contributed by atoms with Gasteiger partial charge in [0.05, 0.1) is 5.69 Å². The molecule has 1 fully saturated rings. The first-order valence-electron chi connectivity index (χ1n) is 11.0. The maximum Gasteiger partial charge on any atom is 0.338 e. The van der Waals surface area contributed by atoms with E-state index in [1.807, 2.05) is 54.7 Å². The molecule has 0 amide bonds. The topological polar surface area (TPSA) is 61.6 Å².